The van der Waals surface area contributed by atoms with Gasteiger partial charge in [0.15, 0.2) is 0 Å². The lowest BCUT2D eigenvalue weighted by Gasteiger charge is -2.35. The van der Waals surface area contributed by atoms with Crippen LogP contribution in [0.2, 0.25) is 0 Å². The van der Waals surface area contributed by atoms with E-state index in [0.29, 0.717) is 19.5 Å². The SMILES string of the molecule is N#Cc1cc(CN[C@@H]2C[C@@H](F)CN(C(=O)C3CC3)C2)ccc1O. The lowest BCUT2D eigenvalue weighted by atomic mass is 10.0. The predicted octanol–water partition coefficient (Wildman–Crippen LogP) is 1.70. The fourth-order valence-corrected chi connectivity index (χ4v) is 3.00. The van der Waals surface area contributed by atoms with Crippen molar-refractivity contribution in [1.82, 2.24) is 10.2 Å². The van der Waals surface area contributed by atoms with Gasteiger partial charge in [0.2, 0.25) is 5.91 Å². The number of hydrogen-bond acceptors (Lipinski definition) is 4. The molecule has 23 heavy (non-hydrogen) atoms. The Morgan fingerprint density at radius 1 is 1.43 bits per heavy atom. The summed E-state index contributed by atoms with van der Waals surface area (Å²) in [6, 6.07) is 6.66. The Morgan fingerprint density at radius 2 is 2.22 bits per heavy atom. The van der Waals surface area contributed by atoms with Crippen molar-refractivity contribution in [3.8, 4) is 11.8 Å². The first-order valence-electron chi connectivity index (χ1n) is 7.95. The first kappa shape index (κ1) is 15.8. The first-order valence-corrected chi connectivity index (χ1v) is 7.95. The molecule has 2 atom stereocenters. The van der Waals surface area contributed by atoms with Crippen molar-refractivity contribution in [3.05, 3.63) is 29.3 Å². The number of benzene rings is 1. The molecule has 1 saturated carbocycles. The van der Waals surface area contributed by atoms with Crippen LogP contribution in [0.1, 0.15) is 30.4 Å². The minimum absolute atomic E-state index is 0.0426. The molecule has 0 spiro atoms. The molecular weight excluding hydrogens is 297 g/mol. The number of phenolic OH excluding ortho intramolecular Hbond substituents is 1. The van der Waals surface area contributed by atoms with Gasteiger partial charge in [0.1, 0.15) is 18.0 Å². The van der Waals surface area contributed by atoms with E-state index < -0.39 is 6.17 Å². The average Bonchev–Trinajstić information content (AvgIpc) is 3.37. The standard InChI is InChI=1S/C17H20FN3O2/c18-14-6-15(10-21(9-14)17(23)12-2-3-12)20-8-11-1-4-16(22)13(5-11)7-19/h1,4-5,12,14-15,20,22H,2-3,6,8-10H2/t14-,15-/m1/s1. The Kier molecular flexibility index (Phi) is 4.49. The van der Waals surface area contributed by atoms with Crippen molar-refractivity contribution in [2.24, 2.45) is 5.92 Å². The maximum absolute atomic E-state index is 13.9. The predicted molar refractivity (Wildman–Crippen MR) is 82.3 cm³/mol. The maximum Gasteiger partial charge on any atom is 0.225 e. The molecule has 3 rings (SSSR count). The van der Waals surface area contributed by atoms with Crippen LogP contribution in [0.3, 0.4) is 0 Å². The van der Waals surface area contributed by atoms with Gasteiger partial charge in [-0.15, -0.1) is 0 Å². The second-order valence-corrected chi connectivity index (χ2v) is 6.39. The number of carbonyl (C=O) groups is 1. The molecule has 5 nitrogen and oxygen atoms in total. The molecule has 0 radical (unpaired) electrons. The van der Waals surface area contributed by atoms with Gasteiger partial charge in [0, 0.05) is 25.0 Å². The number of hydrogen-bond donors (Lipinski definition) is 2. The fourth-order valence-electron chi connectivity index (χ4n) is 3.00. The summed E-state index contributed by atoms with van der Waals surface area (Å²) < 4.78 is 13.9. The molecule has 1 aromatic carbocycles. The lowest BCUT2D eigenvalue weighted by Crippen LogP contribution is -2.52. The summed E-state index contributed by atoms with van der Waals surface area (Å²) in [4.78, 5) is 13.8. The average molecular weight is 317 g/mol. The molecule has 2 aliphatic rings. The smallest absolute Gasteiger partial charge is 0.225 e. The van der Waals surface area contributed by atoms with Crippen LogP contribution in [0.4, 0.5) is 4.39 Å². The van der Waals surface area contributed by atoms with Gasteiger partial charge in [-0.2, -0.15) is 5.26 Å². The number of piperidine rings is 1. The second-order valence-electron chi connectivity index (χ2n) is 6.39. The highest BCUT2D eigenvalue weighted by Gasteiger charge is 2.37. The number of halogens is 1. The van der Waals surface area contributed by atoms with Crippen molar-refractivity contribution in [3.63, 3.8) is 0 Å². The largest absolute Gasteiger partial charge is 0.507 e. The van der Waals surface area contributed by atoms with Crippen molar-refractivity contribution >= 4 is 5.91 Å². The van der Waals surface area contributed by atoms with Gasteiger partial charge in [-0.3, -0.25) is 4.79 Å². The van der Waals surface area contributed by atoms with E-state index in [-0.39, 0.29) is 35.7 Å². The lowest BCUT2D eigenvalue weighted by molar-refractivity contribution is -0.135. The molecule has 1 aliphatic carbocycles. The number of likely N-dealkylation sites (tertiary alicyclic amines) is 1. The Bertz CT molecular complexity index is 639. The van der Waals surface area contributed by atoms with E-state index in [4.69, 9.17) is 5.26 Å². The number of phenols is 1. The molecule has 122 valence electrons. The monoisotopic (exact) mass is 317 g/mol. The second kappa shape index (κ2) is 6.55. The van der Waals surface area contributed by atoms with Crippen LogP contribution in [0.5, 0.6) is 5.75 Å². The van der Waals surface area contributed by atoms with Crippen LogP contribution in [-0.2, 0) is 11.3 Å². The van der Waals surface area contributed by atoms with Crippen LogP contribution in [0, 0.1) is 17.2 Å². The minimum atomic E-state index is -1.00. The Labute approximate surface area is 134 Å². The summed E-state index contributed by atoms with van der Waals surface area (Å²) in [5.41, 5.74) is 1.07. The number of rotatable bonds is 4. The van der Waals surface area contributed by atoms with Gasteiger partial charge in [-0.05, 0) is 37.0 Å². The van der Waals surface area contributed by atoms with Gasteiger partial charge in [-0.25, -0.2) is 4.39 Å². The first-order chi connectivity index (χ1) is 11.1. The highest BCUT2D eigenvalue weighted by Crippen LogP contribution is 2.32. The number of nitrogens with one attached hydrogen (secondary N) is 1. The van der Waals surface area contributed by atoms with Crippen LogP contribution in [0.15, 0.2) is 18.2 Å². The topological polar surface area (TPSA) is 76.4 Å². The normalized spacial score (nSPS) is 24.3. The minimum Gasteiger partial charge on any atom is -0.507 e. The molecule has 0 aromatic heterocycles. The summed E-state index contributed by atoms with van der Waals surface area (Å²) in [5.74, 6) is 0.144. The quantitative estimate of drug-likeness (QED) is 0.886. The summed E-state index contributed by atoms with van der Waals surface area (Å²) in [5, 5.41) is 21.7. The number of aromatic hydroxyl groups is 1. The molecule has 1 aliphatic heterocycles. The number of amides is 1. The fraction of sp³-hybridized carbons (Fsp3) is 0.529. The van der Waals surface area contributed by atoms with Crippen molar-refractivity contribution in [1.29, 1.82) is 5.26 Å². The highest BCUT2D eigenvalue weighted by atomic mass is 19.1. The number of alkyl halides is 1. The Hall–Kier alpha value is -2.13. The van der Waals surface area contributed by atoms with E-state index >= 15 is 0 Å². The maximum atomic E-state index is 13.9. The number of carbonyl (C=O) groups excluding carboxylic acids is 1. The van der Waals surface area contributed by atoms with Gasteiger partial charge >= 0.3 is 0 Å². The van der Waals surface area contributed by atoms with Gasteiger partial charge in [0.25, 0.3) is 0 Å². The van der Waals surface area contributed by atoms with Crippen LogP contribution in [0.25, 0.3) is 0 Å². The Morgan fingerprint density at radius 3 is 2.91 bits per heavy atom. The summed E-state index contributed by atoms with van der Waals surface area (Å²) in [6.07, 6.45) is 1.24. The third-order valence-electron chi connectivity index (χ3n) is 4.41. The zero-order valence-electron chi connectivity index (χ0n) is 12.8. The van der Waals surface area contributed by atoms with Crippen molar-refractivity contribution in [2.75, 3.05) is 13.1 Å². The molecule has 0 bridgehead atoms. The molecule has 6 heteroatoms. The van der Waals surface area contributed by atoms with Gasteiger partial charge in [-0.1, -0.05) is 6.07 Å². The number of nitriles is 1. The van der Waals surface area contributed by atoms with E-state index in [0.717, 1.165) is 18.4 Å². The molecular formula is C17H20FN3O2. The van der Waals surface area contributed by atoms with Crippen LogP contribution in [-0.4, -0.2) is 41.2 Å². The number of nitrogens with zero attached hydrogens (tertiary/aromatic N) is 2. The molecule has 0 unspecified atom stereocenters. The summed E-state index contributed by atoms with van der Waals surface area (Å²) >= 11 is 0. The molecule has 2 fully saturated rings. The molecule has 1 saturated heterocycles. The van der Waals surface area contributed by atoms with E-state index in [1.165, 1.54) is 6.07 Å². The van der Waals surface area contributed by atoms with E-state index in [1.54, 1.807) is 17.0 Å². The molecule has 2 N–H and O–H groups in total. The van der Waals surface area contributed by atoms with Crippen molar-refractivity contribution in [2.45, 2.75) is 38.0 Å². The zero-order valence-corrected chi connectivity index (χ0v) is 12.8. The highest BCUT2D eigenvalue weighted by molar-refractivity contribution is 5.81. The summed E-state index contributed by atoms with van der Waals surface area (Å²) in [6.45, 7) is 1.20. The Balaban J connectivity index is 1.58. The van der Waals surface area contributed by atoms with Gasteiger partial charge in [0.05, 0.1) is 12.1 Å². The zero-order chi connectivity index (χ0) is 16.4. The van der Waals surface area contributed by atoms with E-state index in [1.807, 2.05) is 6.07 Å². The van der Waals surface area contributed by atoms with E-state index in [2.05, 4.69) is 5.32 Å². The van der Waals surface area contributed by atoms with Crippen LogP contribution < -0.4 is 5.32 Å². The third kappa shape index (κ3) is 3.80. The third-order valence-corrected chi connectivity index (χ3v) is 4.41. The van der Waals surface area contributed by atoms with Gasteiger partial charge < -0.3 is 15.3 Å². The van der Waals surface area contributed by atoms with Crippen LogP contribution >= 0.6 is 0 Å². The van der Waals surface area contributed by atoms with E-state index in [9.17, 15) is 14.3 Å². The van der Waals surface area contributed by atoms with Crippen molar-refractivity contribution < 1.29 is 14.3 Å². The summed E-state index contributed by atoms with van der Waals surface area (Å²) in [7, 11) is 0. The molecule has 1 amide bonds. The molecule has 1 aromatic rings. The molecule has 1 heterocycles.